The molecule has 4 fully saturated rings. The molecular weight excluding hydrogens is 454 g/mol. The van der Waals surface area contributed by atoms with Crippen molar-refractivity contribution < 1.29 is 23.8 Å². The van der Waals surface area contributed by atoms with Crippen molar-refractivity contribution in [3.05, 3.63) is 54.1 Å². The van der Waals surface area contributed by atoms with Crippen LogP contribution < -0.4 is 19.5 Å². The number of para-hydroxylation sites is 2. The van der Waals surface area contributed by atoms with Crippen molar-refractivity contribution in [2.75, 3.05) is 25.6 Å². The fourth-order valence-electron chi connectivity index (χ4n) is 6.85. The van der Waals surface area contributed by atoms with Crippen molar-refractivity contribution in [2.45, 2.75) is 45.4 Å². The molecule has 6 rings (SSSR count). The molecule has 0 aromatic heterocycles. The fraction of sp³-hybridized carbons (Fsp3) is 0.467. The molecule has 0 heterocycles. The van der Waals surface area contributed by atoms with Crippen LogP contribution in [0.15, 0.2) is 48.5 Å². The number of nitrogens with one attached hydrogen (secondary N) is 1. The Bertz CT molecular complexity index is 1120. The van der Waals surface area contributed by atoms with Crippen LogP contribution in [0.2, 0.25) is 0 Å². The van der Waals surface area contributed by atoms with Crippen molar-refractivity contribution >= 4 is 23.5 Å². The number of benzene rings is 2. The SMILES string of the molecule is CCOc1cc(/C=C/C(=O)C23CC4CC(CC(C4)C2)C3)ccc1OCC(=O)Nc1ccccc1OC. The highest BCUT2D eigenvalue weighted by atomic mass is 16.5. The molecule has 0 spiro atoms. The maximum absolute atomic E-state index is 13.3. The summed E-state index contributed by atoms with van der Waals surface area (Å²) in [5.41, 5.74) is 1.33. The minimum atomic E-state index is -0.299. The number of anilines is 1. The molecule has 0 radical (unpaired) electrons. The van der Waals surface area contributed by atoms with Gasteiger partial charge in [0.2, 0.25) is 0 Å². The highest BCUT2D eigenvalue weighted by Gasteiger charge is 2.53. The molecule has 2 aromatic carbocycles. The van der Waals surface area contributed by atoms with Gasteiger partial charge >= 0.3 is 0 Å². The number of carbonyl (C=O) groups excluding carboxylic acids is 2. The lowest BCUT2D eigenvalue weighted by Gasteiger charge is -2.55. The molecule has 36 heavy (non-hydrogen) atoms. The normalized spacial score (nSPS) is 26.1. The molecule has 0 saturated heterocycles. The first-order valence-electron chi connectivity index (χ1n) is 13.0. The molecule has 6 heteroatoms. The van der Waals surface area contributed by atoms with E-state index in [-0.39, 0.29) is 23.7 Å². The number of methoxy groups -OCH3 is 1. The summed E-state index contributed by atoms with van der Waals surface area (Å²) in [6, 6.07) is 12.8. The molecule has 6 nitrogen and oxygen atoms in total. The molecule has 4 aliphatic rings. The summed E-state index contributed by atoms with van der Waals surface area (Å²) in [6.45, 7) is 2.19. The summed E-state index contributed by atoms with van der Waals surface area (Å²) in [5.74, 6) is 3.84. The molecular formula is C30H35NO5. The standard InChI is InChI=1S/C30H35NO5/c1-3-35-27-15-20(9-11-28(32)30-16-21-12-22(17-30)14-23(13-21)18-30)8-10-26(27)36-19-29(33)31-24-6-4-5-7-25(24)34-2/h4-11,15,21-23H,3,12-14,16-19H2,1-2H3,(H,31,33)/b11-9+. The molecule has 190 valence electrons. The predicted molar refractivity (Wildman–Crippen MR) is 139 cm³/mol. The van der Waals surface area contributed by atoms with Crippen LogP contribution in [0.3, 0.4) is 0 Å². The number of hydrogen-bond acceptors (Lipinski definition) is 5. The first kappa shape index (κ1) is 24.4. The average Bonchev–Trinajstić information content (AvgIpc) is 2.86. The zero-order valence-electron chi connectivity index (χ0n) is 21.1. The van der Waals surface area contributed by atoms with Gasteiger partial charge in [0, 0.05) is 5.41 Å². The Kier molecular flexibility index (Phi) is 7.04. The second kappa shape index (κ2) is 10.4. The van der Waals surface area contributed by atoms with E-state index in [4.69, 9.17) is 14.2 Å². The number of rotatable bonds is 10. The maximum atomic E-state index is 13.3. The molecule has 1 amide bonds. The highest BCUT2D eigenvalue weighted by Crippen LogP contribution is 2.60. The van der Waals surface area contributed by atoms with E-state index in [1.54, 1.807) is 31.4 Å². The number of ether oxygens (including phenoxy) is 3. The summed E-state index contributed by atoms with van der Waals surface area (Å²) in [5, 5.41) is 2.80. The van der Waals surface area contributed by atoms with Crippen molar-refractivity contribution in [2.24, 2.45) is 23.2 Å². The molecule has 2 aromatic rings. The van der Waals surface area contributed by atoms with Crippen LogP contribution >= 0.6 is 0 Å². The van der Waals surface area contributed by atoms with E-state index in [9.17, 15) is 9.59 Å². The molecule has 4 bridgehead atoms. The minimum Gasteiger partial charge on any atom is -0.495 e. The first-order chi connectivity index (χ1) is 17.5. The Morgan fingerprint density at radius 2 is 1.64 bits per heavy atom. The van der Waals surface area contributed by atoms with Crippen molar-refractivity contribution in [3.63, 3.8) is 0 Å². The lowest BCUT2D eigenvalue weighted by Crippen LogP contribution is -2.49. The van der Waals surface area contributed by atoms with E-state index in [0.717, 1.165) is 42.6 Å². The van der Waals surface area contributed by atoms with Crippen LogP contribution in [0.4, 0.5) is 5.69 Å². The van der Waals surface area contributed by atoms with E-state index < -0.39 is 0 Å². The number of carbonyl (C=O) groups is 2. The van der Waals surface area contributed by atoms with Gasteiger partial charge < -0.3 is 19.5 Å². The molecule has 0 atom stereocenters. The molecule has 4 saturated carbocycles. The smallest absolute Gasteiger partial charge is 0.262 e. The zero-order valence-corrected chi connectivity index (χ0v) is 21.1. The summed E-state index contributed by atoms with van der Waals surface area (Å²) in [4.78, 5) is 25.8. The Morgan fingerprint density at radius 1 is 0.944 bits per heavy atom. The third-order valence-corrected chi connectivity index (χ3v) is 8.00. The van der Waals surface area contributed by atoms with Crippen LogP contribution in [-0.4, -0.2) is 32.0 Å². The van der Waals surface area contributed by atoms with Crippen LogP contribution in [0.25, 0.3) is 6.08 Å². The number of ketones is 1. The molecule has 4 aliphatic carbocycles. The van der Waals surface area contributed by atoms with E-state index in [0.29, 0.717) is 29.5 Å². The monoisotopic (exact) mass is 489 g/mol. The maximum Gasteiger partial charge on any atom is 0.262 e. The van der Waals surface area contributed by atoms with Crippen LogP contribution in [0.1, 0.15) is 51.0 Å². The summed E-state index contributed by atoms with van der Waals surface area (Å²) < 4.78 is 16.8. The van der Waals surface area contributed by atoms with Crippen LogP contribution in [0.5, 0.6) is 17.2 Å². The number of allylic oxidation sites excluding steroid dienone is 1. The van der Waals surface area contributed by atoms with Gasteiger partial charge in [0.15, 0.2) is 23.9 Å². The van der Waals surface area contributed by atoms with Crippen LogP contribution in [0, 0.1) is 23.2 Å². The van der Waals surface area contributed by atoms with E-state index in [1.165, 1.54) is 19.3 Å². The highest BCUT2D eigenvalue weighted by molar-refractivity contribution is 5.98. The topological polar surface area (TPSA) is 73.9 Å². The predicted octanol–water partition coefficient (Wildman–Crippen LogP) is 5.91. The van der Waals surface area contributed by atoms with Gasteiger partial charge in [-0.1, -0.05) is 24.3 Å². The van der Waals surface area contributed by atoms with Crippen molar-refractivity contribution in [3.8, 4) is 17.2 Å². The van der Waals surface area contributed by atoms with E-state index in [1.807, 2.05) is 37.3 Å². The third-order valence-electron chi connectivity index (χ3n) is 8.00. The summed E-state index contributed by atoms with van der Waals surface area (Å²) >= 11 is 0. The van der Waals surface area contributed by atoms with Gasteiger partial charge in [0.1, 0.15) is 5.75 Å². The molecule has 1 N–H and O–H groups in total. The quantitative estimate of drug-likeness (QED) is 0.420. The molecule has 0 unspecified atom stereocenters. The summed E-state index contributed by atoms with van der Waals surface area (Å²) in [7, 11) is 1.56. The van der Waals surface area contributed by atoms with Gasteiger partial charge in [0.05, 0.1) is 19.4 Å². The Morgan fingerprint density at radius 3 is 2.31 bits per heavy atom. The van der Waals surface area contributed by atoms with E-state index in [2.05, 4.69) is 5.32 Å². The fourth-order valence-corrected chi connectivity index (χ4v) is 6.85. The lowest BCUT2D eigenvalue weighted by atomic mass is 9.48. The van der Waals surface area contributed by atoms with Gasteiger partial charge in [-0.05, 0) is 99.1 Å². The minimum absolute atomic E-state index is 0.133. The average molecular weight is 490 g/mol. The number of amides is 1. The Hall–Kier alpha value is -3.28. The van der Waals surface area contributed by atoms with Crippen molar-refractivity contribution in [1.82, 2.24) is 0 Å². The lowest BCUT2D eigenvalue weighted by molar-refractivity contribution is -0.138. The second-order valence-corrected chi connectivity index (χ2v) is 10.6. The third kappa shape index (κ3) is 5.13. The van der Waals surface area contributed by atoms with Crippen molar-refractivity contribution in [1.29, 1.82) is 0 Å². The second-order valence-electron chi connectivity index (χ2n) is 10.6. The Labute approximate surface area is 213 Å². The van der Waals surface area contributed by atoms with E-state index >= 15 is 0 Å². The summed E-state index contributed by atoms with van der Waals surface area (Å²) in [6.07, 6.45) is 10.8. The molecule has 0 aliphatic heterocycles. The van der Waals surface area contributed by atoms with Gasteiger partial charge in [0.25, 0.3) is 5.91 Å². The van der Waals surface area contributed by atoms with Gasteiger partial charge in [-0.15, -0.1) is 0 Å². The largest absolute Gasteiger partial charge is 0.495 e. The first-order valence-corrected chi connectivity index (χ1v) is 13.0. The Balaban J connectivity index is 1.23. The van der Waals surface area contributed by atoms with Gasteiger partial charge in [-0.3, -0.25) is 9.59 Å². The van der Waals surface area contributed by atoms with Crippen LogP contribution in [-0.2, 0) is 9.59 Å². The van der Waals surface area contributed by atoms with Gasteiger partial charge in [-0.25, -0.2) is 0 Å². The zero-order chi connectivity index (χ0) is 25.1. The number of hydrogen-bond donors (Lipinski definition) is 1. The van der Waals surface area contributed by atoms with Gasteiger partial charge in [-0.2, -0.15) is 0 Å².